The fourth-order valence-electron chi connectivity index (χ4n) is 3.24. The van der Waals surface area contributed by atoms with Gasteiger partial charge in [-0.1, -0.05) is 14.4 Å². The van der Waals surface area contributed by atoms with Crippen molar-refractivity contribution in [1.29, 1.82) is 0 Å². The van der Waals surface area contributed by atoms with E-state index < -0.39 is 0 Å². The predicted molar refractivity (Wildman–Crippen MR) is 66.8 cm³/mol. The van der Waals surface area contributed by atoms with E-state index >= 15 is 0 Å². The summed E-state index contributed by atoms with van der Waals surface area (Å²) in [5.41, 5.74) is 0.328. The van der Waals surface area contributed by atoms with Gasteiger partial charge in [0, 0.05) is 11.1 Å². The average Bonchev–Trinajstić information content (AvgIpc) is 1.94. The quantitative estimate of drug-likeness (QED) is 0.693. The molecule has 1 aliphatic heterocycles. The zero-order valence-corrected chi connectivity index (χ0v) is 10.6. The van der Waals surface area contributed by atoms with Crippen molar-refractivity contribution in [2.45, 2.75) is 72.9 Å². The molecule has 0 aliphatic carbocycles. The van der Waals surface area contributed by atoms with Gasteiger partial charge in [0.15, 0.2) is 0 Å². The standard InChI is InChI=1S/C12H25NO.CH4/c1-7-14-13-11(3,4)8-10(2)9-12(13,5)6;/h10H,7-9H2,1-6H3;1H4. The van der Waals surface area contributed by atoms with E-state index in [2.05, 4.69) is 46.6 Å². The minimum Gasteiger partial charge on any atom is -0.298 e. The van der Waals surface area contributed by atoms with Crippen molar-refractivity contribution in [2.24, 2.45) is 5.92 Å². The van der Waals surface area contributed by atoms with Crippen LogP contribution in [-0.2, 0) is 4.84 Å². The van der Waals surface area contributed by atoms with Crippen LogP contribution in [0.1, 0.15) is 61.8 Å². The zero-order valence-electron chi connectivity index (χ0n) is 10.6. The lowest BCUT2D eigenvalue weighted by molar-refractivity contribution is -0.284. The molecule has 0 N–H and O–H groups in total. The summed E-state index contributed by atoms with van der Waals surface area (Å²) in [6.07, 6.45) is 2.44. The summed E-state index contributed by atoms with van der Waals surface area (Å²) in [4.78, 5) is 5.80. The van der Waals surface area contributed by atoms with Crippen molar-refractivity contribution >= 4 is 0 Å². The minimum absolute atomic E-state index is 0. The third-order valence-corrected chi connectivity index (χ3v) is 3.05. The molecule has 0 bridgehead atoms. The van der Waals surface area contributed by atoms with Gasteiger partial charge in [0.05, 0.1) is 6.61 Å². The maximum atomic E-state index is 5.80. The minimum atomic E-state index is 0. The molecule has 0 amide bonds. The summed E-state index contributed by atoms with van der Waals surface area (Å²) in [6, 6.07) is 0. The van der Waals surface area contributed by atoms with Crippen LogP contribution in [0.5, 0.6) is 0 Å². The van der Waals surface area contributed by atoms with E-state index in [1.165, 1.54) is 12.8 Å². The highest BCUT2D eigenvalue weighted by atomic mass is 16.7. The van der Waals surface area contributed by atoms with E-state index in [0.717, 1.165) is 12.5 Å². The Hall–Kier alpha value is -0.0800. The van der Waals surface area contributed by atoms with Crippen LogP contribution in [0.25, 0.3) is 0 Å². The topological polar surface area (TPSA) is 12.5 Å². The van der Waals surface area contributed by atoms with Gasteiger partial charge in [0.2, 0.25) is 0 Å². The number of piperidine rings is 1. The SMILES string of the molecule is C.CCON1C(C)(C)CC(C)CC1(C)C. The fraction of sp³-hybridized carbons (Fsp3) is 1.00. The van der Waals surface area contributed by atoms with Gasteiger partial charge in [0.1, 0.15) is 0 Å². The first kappa shape index (κ1) is 14.9. The molecule has 0 spiro atoms. The molecule has 1 aliphatic rings. The fourth-order valence-corrected chi connectivity index (χ4v) is 3.24. The van der Waals surface area contributed by atoms with Crippen LogP contribution >= 0.6 is 0 Å². The summed E-state index contributed by atoms with van der Waals surface area (Å²) in [7, 11) is 0. The molecule has 2 heteroatoms. The van der Waals surface area contributed by atoms with Gasteiger partial charge in [-0.15, -0.1) is 0 Å². The Balaban J connectivity index is 0.00000196. The molecule has 1 heterocycles. The van der Waals surface area contributed by atoms with Crippen molar-refractivity contribution in [3.63, 3.8) is 0 Å². The largest absolute Gasteiger partial charge is 0.298 e. The third kappa shape index (κ3) is 3.18. The van der Waals surface area contributed by atoms with Gasteiger partial charge in [-0.3, -0.25) is 4.84 Å². The van der Waals surface area contributed by atoms with Gasteiger partial charge in [-0.2, -0.15) is 5.06 Å². The lowest BCUT2D eigenvalue weighted by atomic mass is 9.76. The zero-order chi connectivity index (χ0) is 11.0. The molecule has 0 saturated carbocycles. The Morgan fingerprint density at radius 2 is 1.53 bits per heavy atom. The van der Waals surface area contributed by atoms with Gasteiger partial charge in [-0.05, 0) is 53.4 Å². The normalized spacial score (nSPS) is 26.0. The first-order chi connectivity index (χ1) is 6.29. The first-order valence-electron chi connectivity index (χ1n) is 5.73. The number of hydrogen-bond acceptors (Lipinski definition) is 2. The van der Waals surface area contributed by atoms with Crippen LogP contribution in [0, 0.1) is 5.92 Å². The molecule has 1 fully saturated rings. The monoisotopic (exact) mass is 215 g/mol. The van der Waals surface area contributed by atoms with Crippen molar-refractivity contribution in [3.8, 4) is 0 Å². The number of hydrogen-bond donors (Lipinski definition) is 0. The molecule has 0 unspecified atom stereocenters. The second-order valence-electron chi connectivity index (χ2n) is 5.85. The Bertz CT molecular complexity index is 181. The van der Waals surface area contributed by atoms with Crippen molar-refractivity contribution in [2.75, 3.05) is 6.61 Å². The molecular weight excluding hydrogens is 186 g/mol. The van der Waals surface area contributed by atoms with Crippen molar-refractivity contribution in [3.05, 3.63) is 0 Å². The van der Waals surface area contributed by atoms with Gasteiger partial charge >= 0.3 is 0 Å². The second kappa shape index (κ2) is 4.84. The summed E-state index contributed by atoms with van der Waals surface area (Å²) < 4.78 is 0. The summed E-state index contributed by atoms with van der Waals surface area (Å²) in [6.45, 7) is 14.3. The lowest BCUT2D eigenvalue weighted by Crippen LogP contribution is -2.59. The van der Waals surface area contributed by atoms with E-state index in [0.29, 0.717) is 0 Å². The van der Waals surface area contributed by atoms with Gasteiger partial charge in [-0.25, -0.2) is 0 Å². The molecule has 92 valence electrons. The summed E-state index contributed by atoms with van der Waals surface area (Å²) >= 11 is 0. The molecular formula is C13H29NO. The maximum Gasteiger partial charge on any atom is 0.0657 e. The number of rotatable bonds is 2. The van der Waals surface area contributed by atoms with Crippen molar-refractivity contribution < 1.29 is 4.84 Å². The molecule has 1 rings (SSSR count). The van der Waals surface area contributed by atoms with Gasteiger partial charge < -0.3 is 0 Å². The molecule has 0 aromatic heterocycles. The smallest absolute Gasteiger partial charge is 0.0657 e. The van der Waals surface area contributed by atoms with Crippen LogP contribution in [0.15, 0.2) is 0 Å². The summed E-state index contributed by atoms with van der Waals surface area (Å²) in [5.74, 6) is 0.789. The molecule has 2 nitrogen and oxygen atoms in total. The van der Waals surface area contributed by atoms with Crippen LogP contribution < -0.4 is 0 Å². The maximum absolute atomic E-state index is 5.80. The van der Waals surface area contributed by atoms with Crippen LogP contribution in [0.2, 0.25) is 0 Å². The lowest BCUT2D eigenvalue weighted by Gasteiger charge is -2.53. The van der Waals surface area contributed by atoms with E-state index in [9.17, 15) is 0 Å². The highest BCUT2D eigenvalue weighted by molar-refractivity contribution is 4.95. The van der Waals surface area contributed by atoms with Crippen LogP contribution in [0.3, 0.4) is 0 Å². The summed E-state index contributed by atoms with van der Waals surface area (Å²) in [5, 5.41) is 2.21. The van der Waals surface area contributed by atoms with Crippen LogP contribution in [-0.4, -0.2) is 22.7 Å². The number of nitrogens with zero attached hydrogens (tertiary/aromatic N) is 1. The van der Waals surface area contributed by atoms with Crippen molar-refractivity contribution in [1.82, 2.24) is 5.06 Å². The van der Waals surface area contributed by atoms with Gasteiger partial charge in [0.25, 0.3) is 0 Å². The second-order valence-corrected chi connectivity index (χ2v) is 5.85. The van der Waals surface area contributed by atoms with E-state index in [4.69, 9.17) is 4.84 Å². The van der Waals surface area contributed by atoms with E-state index in [1.54, 1.807) is 0 Å². The molecule has 0 aromatic carbocycles. The molecule has 0 aromatic rings. The molecule has 0 radical (unpaired) electrons. The molecule has 15 heavy (non-hydrogen) atoms. The Kier molecular flexibility index (Phi) is 4.81. The average molecular weight is 215 g/mol. The highest BCUT2D eigenvalue weighted by Gasteiger charge is 2.44. The Morgan fingerprint density at radius 3 is 1.87 bits per heavy atom. The predicted octanol–water partition coefficient (Wildman–Crippen LogP) is 3.86. The Labute approximate surface area is 95.9 Å². The highest BCUT2D eigenvalue weighted by Crippen LogP contribution is 2.41. The third-order valence-electron chi connectivity index (χ3n) is 3.05. The molecule has 0 atom stereocenters. The van der Waals surface area contributed by atoms with Crippen LogP contribution in [0.4, 0.5) is 0 Å². The molecule has 1 saturated heterocycles. The Morgan fingerprint density at radius 1 is 1.13 bits per heavy atom. The first-order valence-corrected chi connectivity index (χ1v) is 5.73. The number of hydroxylamine groups is 2. The van der Waals surface area contributed by atoms with E-state index in [-0.39, 0.29) is 18.5 Å². The van der Waals surface area contributed by atoms with E-state index in [1.807, 2.05) is 0 Å².